The molecule has 0 saturated carbocycles. The molecule has 0 spiro atoms. The van der Waals surface area contributed by atoms with Crippen molar-refractivity contribution in [3.63, 3.8) is 0 Å². The minimum absolute atomic E-state index is 0.151. The minimum Gasteiger partial charge on any atom is -0.494 e. The van der Waals surface area contributed by atoms with Crippen molar-refractivity contribution in [3.8, 4) is 11.5 Å². The molecule has 2 rings (SSSR count). The van der Waals surface area contributed by atoms with Crippen LogP contribution < -0.4 is 14.8 Å². The fourth-order valence-corrected chi connectivity index (χ4v) is 2.12. The van der Waals surface area contributed by atoms with E-state index in [-0.39, 0.29) is 11.5 Å². The molecule has 0 radical (unpaired) electrons. The van der Waals surface area contributed by atoms with Crippen LogP contribution in [-0.2, 0) is 0 Å². The van der Waals surface area contributed by atoms with E-state index in [2.05, 4.69) is 12.2 Å². The number of ketones is 1. The summed E-state index contributed by atoms with van der Waals surface area (Å²) in [6, 6.07) is 11.5. The molecule has 0 fully saturated rings. The summed E-state index contributed by atoms with van der Waals surface area (Å²) >= 11 is 0. The Morgan fingerprint density at radius 1 is 1.20 bits per heavy atom. The van der Waals surface area contributed by atoms with Crippen molar-refractivity contribution in [1.82, 2.24) is 0 Å². The van der Waals surface area contributed by atoms with Crippen molar-refractivity contribution in [3.05, 3.63) is 66.1 Å². The van der Waals surface area contributed by atoms with Gasteiger partial charge in [0.1, 0.15) is 5.75 Å². The van der Waals surface area contributed by atoms with Gasteiger partial charge in [0, 0.05) is 29.6 Å². The van der Waals surface area contributed by atoms with Gasteiger partial charge in [0.2, 0.25) is 0 Å². The van der Waals surface area contributed by atoms with E-state index >= 15 is 0 Å². The van der Waals surface area contributed by atoms with Crippen molar-refractivity contribution in [2.75, 3.05) is 19.0 Å². The number of carbonyl (C=O) groups excluding carboxylic acids is 1. The molecule has 132 valence electrons. The lowest BCUT2D eigenvalue weighted by Crippen LogP contribution is -1.99. The molecule has 25 heavy (non-hydrogen) atoms. The zero-order valence-corrected chi connectivity index (χ0v) is 14.4. The van der Waals surface area contributed by atoms with Crippen molar-refractivity contribution in [1.29, 1.82) is 0 Å². The molecule has 0 bridgehead atoms. The summed E-state index contributed by atoms with van der Waals surface area (Å²) in [5, 5.41) is 2.86. The average molecular weight is 343 g/mol. The standard InChI is InChI=1S/C20H22FNO3/c1-3-4-13-25-17-8-5-15(6-9-17)19(23)11-12-22-16-7-10-20(24-2)18(21)14-16/h5-12,14,22H,3-4,13H2,1-2H3. The highest BCUT2D eigenvalue weighted by Gasteiger charge is 2.04. The molecule has 0 aliphatic rings. The number of ether oxygens (including phenoxy) is 2. The maximum Gasteiger partial charge on any atom is 0.187 e. The van der Waals surface area contributed by atoms with Gasteiger partial charge in [0.05, 0.1) is 13.7 Å². The number of methoxy groups -OCH3 is 1. The van der Waals surface area contributed by atoms with Gasteiger partial charge in [-0.15, -0.1) is 0 Å². The molecule has 0 aliphatic carbocycles. The fraction of sp³-hybridized carbons (Fsp3) is 0.250. The number of hydrogen-bond donors (Lipinski definition) is 1. The zero-order valence-electron chi connectivity index (χ0n) is 14.4. The Labute approximate surface area is 147 Å². The lowest BCUT2D eigenvalue weighted by atomic mass is 10.1. The van der Waals surface area contributed by atoms with E-state index in [0.717, 1.165) is 18.6 Å². The second kappa shape index (κ2) is 9.47. The third-order valence-electron chi connectivity index (χ3n) is 3.54. The highest BCUT2D eigenvalue weighted by Crippen LogP contribution is 2.20. The fourth-order valence-electron chi connectivity index (χ4n) is 2.12. The number of rotatable bonds is 9. The highest BCUT2D eigenvalue weighted by atomic mass is 19.1. The Morgan fingerprint density at radius 2 is 1.96 bits per heavy atom. The first-order valence-electron chi connectivity index (χ1n) is 8.18. The molecule has 0 aliphatic heterocycles. The molecule has 0 atom stereocenters. The van der Waals surface area contributed by atoms with Crippen molar-refractivity contribution < 1.29 is 18.7 Å². The number of anilines is 1. The Balaban J connectivity index is 1.90. The second-order valence-corrected chi connectivity index (χ2v) is 5.42. The van der Waals surface area contributed by atoms with Gasteiger partial charge in [-0.25, -0.2) is 4.39 Å². The van der Waals surface area contributed by atoms with Crippen LogP contribution in [0.4, 0.5) is 10.1 Å². The van der Waals surface area contributed by atoms with Gasteiger partial charge in [-0.2, -0.15) is 0 Å². The summed E-state index contributed by atoms with van der Waals surface area (Å²) in [5.41, 5.74) is 1.09. The van der Waals surface area contributed by atoms with Crippen molar-refractivity contribution in [2.45, 2.75) is 19.8 Å². The number of halogens is 1. The highest BCUT2D eigenvalue weighted by molar-refractivity contribution is 6.04. The van der Waals surface area contributed by atoms with Crippen molar-refractivity contribution in [2.24, 2.45) is 0 Å². The van der Waals surface area contributed by atoms with Gasteiger partial charge in [-0.1, -0.05) is 13.3 Å². The van der Waals surface area contributed by atoms with Gasteiger partial charge < -0.3 is 14.8 Å². The van der Waals surface area contributed by atoms with Crippen LogP contribution in [-0.4, -0.2) is 19.5 Å². The van der Waals surface area contributed by atoms with E-state index < -0.39 is 5.82 Å². The molecular weight excluding hydrogens is 321 g/mol. The normalized spacial score (nSPS) is 10.7. The summed E-state index contributed by atoms with van der Waals surface area (Å²) < 4.78 is 24.0. The molecule has 2 aromatic rings. The first-order chi connectivity index (χ1) is 12.1. The number of nitrogens with one attached hydrogen (secondary N) is 1. The number of benzene rings is 2. The summed E-state index contributed by atoms with van der Waals surface area (Å²) in [7, 11) is 1.41. The van der Waals surface area contributed by atoms with E-state index in [1.54, 1.807) is 30.3 Å². The molecule has 0 heterocycles. The Kier molecular flexibility index (Phi) is 7.01. The topological polar surface area (TPSA) is 47.6 Å². The van der Waals surface area contributed by atoms with Crippen LogP contribution >= 0.6 is 0 Å². The van der Waals surface area contributed by atoms with E-state index in [1.165, 1.54) is 31.5 Å². The maximum atomic E-state index is 13.6. The first kappa shape index (κ1) is 18.5. The summed E-state index contributed by atoms with van der Waals surface area (Å²) in [4.78, 5) is 12.1. The third-order valence-corrected chi connectivity index (χ3v) is 3.54. The molecule has 5 heteroatoms. The number of unbranched alkanes of at least 4 members (excludes halogenated alkanes) is 1. The summed E-state index contributed by atoms with van der Waals surface area (Å²) in [5.74, 6) is 0.306. The van der Waals surface area contributed by atoms with Crippen LogP contribution in [0.5, 0.6) is 11.5 Å². The molecule has 2 aromatic carbocycles. The molecule has 0 amide bonds. The predicted octanol–water partition coefficient (Wildman–Crippen LogP) is 4.82. The number of hydrogen-bond acceptors (Lipinski definition) is 4. The zero-order chi connectivity index (χ0) is 18.1. The van der Waals surface area contributed by atoms with Gasteiger partial charge in [-0.05, 0) is 42.8 Å². The van der Waals surface area contributed by atoms with E-state index in [9.17, 15) is 9.18 Å². The Morgan fingerprint density at radius 3 is 2.60 bits per heavy atom. The van der Waals surface area contributed by atoms with Gasteiger partial charge in [-0.3, -0.25) is 4.79 Å². The van der Waals surface area contributed by atoms with Crippen LogP contribution in [0, 0.1) is 5.82 Å². The van der Waals surface area contributed by atoms with E-state index in [1.807, 2.05) is 0 Å². The average Bonchev–Trinajstić information content (AvgIpc) is 2.62. The summed E-state index contributed by atoms with van der Waals surface area (Å²) in [6.45, 7) is 2.78. The van der Waals surface area contributed by atoms with Crippen LogP contribution in [0.3, 0.4) is 0 Å². The van der Waals surface area contributed by atoms with Crippen LogP contribution in [0.2, 0.25) is 0 Å². The predicted molar refractivity (Wildman–Crippen MR) is 96.9 cm³/mol. The second-order valence-electron chi connectivity index (χ2n) is 5.42. The van der Waals surface area contributed by atoms with Gasteiger partial charge in [0.15, 0.2) is 17.3 Å². The van der Waals surface area contributed by atoms with E-state index in [4.69, 9.17) is 9.47 Å². The van der Waals surface area contributed by atoms with Crippen LogP contribution in [0.25, 0.3) is 0 Å². The molecule has 0 unspecified atom stereocenters. The van der Waals surface area contributed by atoms with Crippen LogP contribution in [0.15, 0.2) is 54.7 Å². The number of allylic oxidation sites excluding steroid dienone is 1. The molecule has 4 nitrogen and oxygen atoms in total. The van der Waals surface area contributed by atoms with E-state index in [0.29, 0.717) is 17.9 Å². The van der Waals surface area contributed by atoms with Gasteiger partial charge in [0.25, 0.3) is 0 Å². The molecule has 0 saturated heterocycles. The molecule has 1 N–H and O–H groups in total. The van der Waals surface area contributed by atoms with Gasteiger partial charge >= 0.3 is 0 Å². The first-order valence-corrected chi connectivity index (χ1v) is 8.18. The maximum absolute atomic E-state index is 13.6. The lowest BCUT2D eigenvalue weighted by molar-refractivity contribution is 0.104. The monoisotopic (exact) mass is 343 g/mol. The molecule has 0 aromatic heterocycles. The summed E-state index contributed by atoms with van der Waals surface area (Å²) in [6.07, 6.45) is 4.96. The van der Waals surface area contributed by atoms with Crippen LogP contribution in [0.1, 0.15) is 30.1 Å². The Hall–Kier alpha value is -2.82. The lowest BCUT2D eigenvalue weighted by Gasteiger charge is -2.06. The quantitative estimate of drug-likeness (QED) is 0.403. The molecular formula is C20H22FNO3. The largest absolute Gasteiger partial charge is 0.494 e. The smallest absolute Gasteiger partial charge is 0.187 e. The Bertz CT molecular complexity index is 726. The minimum atomic E-state index is -0.467. The number of carbonyl (C=O) groups is 1. The SMILES string of the molecule is CCCCOc1ccc(C(=O)C=CNc2ccc(OC)c(F)c2)cc1. The van der Waals surface area contributed by atoms with Crippen molar-refractivity contribution >= 4 is 11.5 Å². The third kappa shape index (κ3) is 5.64.